The van der Waals surface area contributed by atoms with Gasteiger partial charge < -0.3 is 10.5 Å². The molecule has 104 valence electrons. The van der Waals surface area contributed by atoms with E-state index >= 15 is 0 Å². The molecule has 2 rings (SSSR count). The Hall–Kier alpha value is -2.90. The highest BCUT2D eigenvalue weighted by Gasteiger charge is 2.10. The highest BCUT2D eigenvalue weighted by molar-refractivity contribution is 5.93. The molecule has 1 amide bonds. The maximum atomic E-state index is 11.8. The van der Waals surface area contributed by atoms with E-state index in [0.717, 1.165) is 0 Å². The van der Waals surface area contributed by atoms with Crippen molar-refractivity contribution in [3.05, 3.63) is 36.4 Å². The Morgan fingerprint density at radius 2 is 2.20 bits per heavy atom. The third kappa shape index (κ3) is 3.10. The van der Waals surface area contributed by atoms with Gasteiger partial charge in [-0.15, -0.1) is 0 Å². The molecule has 2 aromatic rings. The molecule has 0 radical (unpaired) electrons. The van der Waals surface area contributed by atoms with E-state index in [1.807, 2.05) is 6.92 Å². The summed E-state index contributed by atoms with van der Waals surface area (Å²) in [5, 5.41) is 0. The fourth-order valence-electron chi connectivity index (χ4n) is 1.41. The van der Waals surface area contributed by atoms with Gasteiger partial charge in [-0.05, 0) is 19.1 Å². The first-order valence-corrected chi connectivity index (χ1v) is 5.93. The Kier molecular flexibility index (Phi) is 4.28. The number of nitrogens with one attached hydrogen (secondary N) is 2. The van der Waals surface area contributed by atoms with Crippen molar-refractivity contribution in [1.82, 2.24) is 20.4 Å². The number of anilines is 2. The SMILES string of the molecule is CCOc1ncnc(NNC(=O)c2ccccn2)c1N. The van der Waals surface area contributed by atoms with Gasteiger partial charge in [0.2, 0.25) is 5.88 Å². The number of hydrazine groups is 1. The van der Waals surface area contributed by atoms with Crippen molar-refractivity contribution in [3.63, 3.8) is 0 Å². The van der Waals surface area contributed by atoms with Gasteiger partial charge >= 0.3 is 0 Å². The Bertz CT molecular complexity index is 590. The maximum Gasteiger partial charge on any atom is 0.288 e. The fourth-order valence-corrected chi connectivity index (χ4v) is 1.41. The molecule has 0 atom stereocenters. The Balaban J connectivity index is 2.04. The minimum atomic E-state index is -0.401. The number of carbonyl (C=O) groups excluding carboxylic acids is 1. The van der Waals surface area contributed by atoms with E-state index in [1.54, 1.807) is 18.2 Å². The number of pyridine rings is 1. The van der Waals surface area contributed by atoms with Crippen molar-refractivity contribution in [2.75, 3.05) is 17.8 Å². The molecule has 2 heterocycles. The van der Waals surface area contributed by atoms with Crippen LogP contribution in [0.5, 0.6) is 5.88 Å². The van der Waals surface area contributed by atoms with Crippen molar-refractivity contribution in [1.29, 1.82) is 0 Å². The van der Waals surface area contributed by atoms with Crippen LogP contribution in [0.15, 0.2) is 30.7 Å². The van der Waals surface area contributed by atoms with Crippen molar-refractivity contribution < 1.29 is 9.53 Å². The smallest absolute Gasteiger partial charge is 0.288 e. The van der Waals surface area contributed by atoms with Crippen molar-refractivity contribution in [2.45, 2.75) is 6.92 Å². The van der Waals surface area contributed by atoms with Crippen LogP contribution in [-0.4, -0.2) is 27.5 Å². The molecule has 0 unspecified atom stereocenters. The zero-order valence-electron chi connectivity index (χ0n) is 10.8. The summed E-state index contributed by atoms with van der Waals surface area (Å²) in [5.41, 5.74) is 11.4. The Labute approximate surface area is 115 Å². The molecule has 0 aliphatic heterocycles. The van der Waals surface area contributed by atoms with E-state index in [9.17, 15) is 4.79 Å². The first-order chi connectivity index (χ1) is 9.72. The zero-order chi connectivity index (χ0) is 14.4. The van der Waals surface area contributed by atoms with Crippen molar-refractivity contribution in [3.8, 4) is 5.88 Å². The lowest BCUT2D eigenvalue weighted by molar-refractivity contribution is 0.0957. The lowest BCUT2D eigenvalue weighted by Crippen LogP contribution is -2.31. The number of nitrogens with zero attached hydrogens (tertiary/aromatic N) is 3. The summed E-state index contributed by atoms with van der Waals surface area (Å²) in [6, 6.07) is 5.03. The van der Waals surface area contributed by atoms with Gasteiger partial charge in [-0.2, -0.15) is 4.98 Å². The monoisotopic (exact) mass is 274 g/mol. The lowest BCUT2D eigenvalue weighted by atomic mass is 10.3. The summed E-state index contributed by atoms with van der Waals surface area (Å²) in [6.07, 6.45) is 2.82. The first kappa shape index (κ1) is 13.5. The number of amides is 1. The van der Waals surface area contributed by atoms with Crippen LogP contribution in [0.4, 0.5) is 11.5 Å². The van der Waals surface area contributed by atoms with E-state index in [0.29, 0.717) is 6.61 Å². The molecule has 20 heavy (non-hydrogen) atoms. The number of rotatable bonds is 5. The number of nitrogen functional groups attached to an aromatic ring is 1. The fraction of sp³-hybridized carbons (Fsp3) is 0.167. The molecule has 0 bridgehead atoms. The molecular formula is C12H14N6O2. The quantitative estimate of drug-likeness (QED) is 0.684. The first-order valence-electron chi connectivity index (χ1n) is 5.93. The van der Waals surface area contributed by atoms with E-state index in [2.05, 4.69) is 25.8 Å². The molecule has 4 N–H and O–H groups in total. The average molecular weight is 274 g/mol. The standard InChI is InChI=1S/C12H14N6O2/c1-2-20-12-9(13)10(15-7-16-12)17-18-11(19)8-5-3-4-6-14-8/h3-7H,2,13H2,1H3,(H,18,19)(H,15,16,17). The molecule has 8 nitrogen and oxygen atoms in total. The minimum absolute atomic E-state index is 0.218. The van der Waals surface area contributed by atoms with E-state index in [4.69, 9.17) is 10.5 Å². The lowest BCUT2D eigenvalue weighted by Gasteiger charge is -2.11. The summed E-state index contributed by atoms with van der Waals surface area (Å²) in [4.78, 5) is 23.5. The Morgan fingerprint density at radius 3 is 2.90 bits per heavy atom. The van der Waals surface area contributed by atoms with E-state index < -0.39 is 5.91 Å². The molecule has 0 aromatic carbocycles. The van der Waals surface area contributed by atoms with Gasteiger partial charge in [-0.1, -0.05) is 6.07 Å². The van der Waals surface area contributed by atoms with Crippen LogP contribution in [-0.2, 0) is 0 Å². The van der Waals surface area contributed by atoms with E-state index in [-0.39, 0.29) is 23.1 Å². The molecule has 0 fully saturated rings. The van der Waals surface area contributed by atoms with Gasteiger partial charge in [0.25, 0.3) is 5.91 Å². The predicted molar refractivity (Wildman–Crippen MR) is 72.9 cm³/mol. The number of hydrogen-bond donors (Lipinski definition) is 3. The molecule has 0 spiro atoms. The molecule has 0 aliphatic rings. The highest BCUT2D eigenvalue weighted by Crippen LogP contribution is 2.23. The maximum absolute atomic E-state index is 11.8. The summed E-state index contributed by atoms with van der Waals surface area (Å²) in [5.74, 6) is 0.117. The molecular weight excluding hydrogens is 260 g/mol. The van der Waals surface area contributed by atoms with Crippen LogP contribution >= 0.6 is 0 Å². The van der Waals surface area contributed by atoms with Crippen LogP contribution < -0.4 is 21.3 Å². The minimum Gasteiger partial charge on any atom is -0.476 e. The van der Waals surface area contributed by atoms with Gasteiger partial charge in [-0.3, -0.25) is 20.6 Å². The zero-order valence-corrected chi connectivity index (χ0v) is 10.8. The summed E-state index contributed by atoms with van der Waals surface area (Å²) < 4.78 is 5.23. The number of nitrogens with two attached hydrogens (primary N) is 1. The van der Waals surface area contributed by atoms with Crippen LogP contribution in [0.25, 0.3) is 0 Å². The van der Waals surface area contributed by atoms with Crippen molar-refractivity contribution in [2.24, 2.45) is 0 Å². The van der Waals surface area contributed by atoms with Crippen LogP contribution in [0.1, 0.15) is 17.4 Å². The third-order valence-electron chi connectivity index (χ3n) is 2.32. The van der Waals surface area contributed by atoms with Crippen LogP contribution in [0, 0.1) is 0 Å². The van der Waals surface area contributed by atoms with Gasteiger partial charge in [-0.25, -0.2) is 4.98 Å². The topological polar surface area (TPSA) is 115 Å². The molecule has 2 aromatic heterocycles. The number of aromatic nitrogens is 3. The third-order valence-corrected chi connectivity index (χ3v) is 2.32. The summed E-state index contributed by atoms with van der Waals surface area (Å²) >= 11 is 0. The van der Waals surface area contributed by atoms with Gasteiger partial charge in [0.15, 0.2) is 5.82 Å². The van der Waals surface area contributed by atoms with Crippen LogP contribution in [0.2, 0.25) is 0 Å². The Morgan fingerprint density at radius 1 is 1.35 bits per heavy atom. The van der Waals surface area contributed by atoms with Gasteiger partial charge in [0, 0.05) is 6.20 Å². The molecule has 0 aliphatic carbocycles. The summed E-state index contributed by atoms with van der Waals surface area (Å²) in [7, 11) is 0. The van der Waals surface area contributed by atoms with Gasteiger partial charge in [0.05, 0.1) is 6.61 Å². The largest absolute Gasteiger partial charge is 0.476 e. The summed E-state index contributed by atoms with van der Waals surface area (Å²) in [6.45, 7) is 2.25. The number of hydrogen-bond acceptors (Lipinski definition) is 7. The number of carbonyl (C=O) groups is 1. The second-order valence-electron chi connectivity index (χ2n) is 3.67. The predicted octanol–water partition coefficient (Wildman–Crippen LogP) is 0.609. The molecule has 8 heteroatoms. The van der Waals surface area contributed by atoms with E-state index in [1.165, 1.54) is 12.5 Å². The normalized spacial score (nSPS) is 9.85. The highest BCUT2D eigenvalue weighted by atomic mass is 16.5. The van der Waals surface area contributed by atoms with Crippen molar-refractivity contribution >= 4 is 17.4 Å². The molecule has 0 saturated carbocycles. The second kappa shape index (κ2) is 6.32. The molecule has 0 saturated heterocycles. The van der Waals surface area contributed by atoms with Gasteiger partial charge in [0.1, 0.15) is 17.7 Å². The number of ether oxygens (including phenoxy) is 1. The average Bonchev–Trinajstić information content (AvgIpc) is 2.49. The van der Waals surface area contributed by atoms with Crippen LogP contribution in [0.3, 0.4) is 0 Å². The second-order valence-corrected chi connectivity index (χ2v) is 3.67.